The van der Waals surface area contributed by atoms with Gasteiger partial charge in [0.1, 0.15) is 11.4 Å². The van der Waals surface area contributed by atoms with Crippen LogP contribution < -0.4 is 19.9 Å². The normalized spacial score (nSPS) is 18.9. The second-order valence-electron chi connectivity index (χ2n) is 11.9. The highest BCUT2D eigenvalue weighted by molar-refractivity contribution is 7.13. The quantitative estimate of drug-likeness (QED) is 0.374. The summed E-state index contributed by atoms with van der Waals surface area (Å²) in [5.41, 5.74) is 4.16. The Hall–Kier alpha value is -2.95. The highest BCUT2D eigenvalue weighted by atomic mass is 32.1. The van der Waals surface area contributed by atoms with Gasteiger partial charge in [-0.05, 0) is 76.2 Å². The van der Waals surface area contributed by atoms with E-state index in [9.17, 15) is 4.79 Å². The summed E-state index contributed by atoms with van der Waals surface area (Å²) in [6.07, 6.45) is 9.29. The standard InChI is InChI=1S/C32H45N7O2S/c1-25-21-26-9-7-10-34-29(26)30(31(25)41-23-28(40)33-11-18-36-12-5-6-13-36)38-17-8-14-37(19-20-38)22-27-24-42-32(35-27)39-15-3-2-4-16-39/h7,9-10,21,24H,2-6,8,11-20,22-23H2,1H3,(H,33,40). The second-order valence-corrected chi connectivity index (χ2v) is 12.8. The molecule has 0 saturated carbocycles. The predicted octanol–water partition coefficient (Wildman–Crippen LogP) is 4.29. The van der Waals surface area contributed by atoms with Crippen LogP contribution in [0.25, 0.3) is 10.9 Å². The van der Waals surface area contributed by atoms with Gasteiger partial charge in [-0.25, -0.2) is 4.98 Å². The Morgan fingerprint density at radius 3 is 2.60 bits per heavy atom. The number of hydrogen-bond donors (Lipinski definition) is 1. The van der Waals surface area contributed by atoms with Crippen molar-refractivity contribution in [1.29, 1.82) is 0 Å². The van der Waals surface area contributed by atoms with Crippen molar-refractivity contribution in [1.82, 2.24) is 25.1 Å². The van der Waals surface area contributed by atoms with E-state index in [4.69, 9.17) is 14.7 Å². The predicted molar refractivity (Wildman–Crippen MR) is 171 cm³/mol. The van der Waals surface area contributed by atoms with E-state index in [1.54, 1.807) is 11.3 Å². The lowest BCUT2D eigenvalue weighted by atomic mass is 10.1. The van der Waals surface area contributed by atoms with Crippen LogP contribution in [-0.4, -0.2) is 97.7 Å². The number of ether oxygens (including phenoxy) is 1. The summed E-state index contributed by atoms with van der Waals surface area (Å²) < 4.78 is 6.30. The fourth-order valence-electron chi connectivity index (χ4n) is 6.53. The van der Waals surface area contributed by atoms with Gasteiger partial charge in [0.05, 0.1) is 11.2 Å². The van der Waals surface area contributed by atoms with Crippen LogP contribution in [0, 0.1) is 6.92 Å². The summed E-state index contributed by atoms with van der Waals surface area (Å²) in [6, 6.07) is 6.22. The zero-order valence-electron chi connectivity index (χ0n) is 25.0. The molecule has 0 bridgehead atoms. The number of nitrogens with one attached hydrogen (secondary N) is 1. The molecule has 0 aliphatic carbocycles. The molecule has 226 valence electrons. The first-order chi connectivity index (χ1) is 20.6. The van der Waals surface area contributed by atoms with Gasteiger partial charge >= 0.3 is 0 Å². The molecule has 1 N–H and O–H groups in total. The van der Waals surface area contributed by atoms with Gasteiger partial charge < -0.3 is 24.8 Å². The third kappa shape index (κ3) is 7.15. The molecule has 2 aromatic heterocycles. The number of anilines is 2. The monoisotopic (exact) mass is 591 g/mol. The first-order valence-electron chi connectivity index (χ1n) is 15.8. The molecule has 1 amide bonds. The van der Waals surface area contributed by atoms with E-state index in [1.807, 2.05) is 12.3 Å². The fraction of sp³-hybridized carbons (Fsp3) is 0.594. The molecule has 3 saturated heterocycles. The molecule has 0 spiro atoms. The highest BCUT2D eigenvalue weighted by Gasteiger charge is 2.24. The van der Waals surface area contributed by atoms with Crippen molar-refractivity contribution >= 4 is 39.0 Å². The lowest BCUT2D eigenvalue weighted by Crippen LogP contribution is -2.36. The van der Waals surface area contributed by atoms with Crippen molar-refractivity contribution < 1.29 is 9.53 Å². The molecule has 10 heteroatoms. The highest BCUT2D eigenvalue weighted by Crippen LogP contribution is 2.39. The van der Waals surface area contributed by atoms with Gasteiger partial charge in [0.15, 0.2) is 11.7 Å². The van der Waals surface area contributed by atoms with Gasteiger partial charge in [0, 0.05) is 75.9 Å². The minimum Gasteiger partial charge on any atom is -0.481 e. The topological polar surface area (TPSA) is 77.1 Å². The maximum atomic E-state index is 12.7. The number of nitrogens with zero attached hydrogens (tertiary/aromatic N) is 6. The molecule has 3 fully saturated rings. The number of fused-ring (bicyclic) bond motifs is 1. The number of carbonyl (C=O) groups is 1. The van der Waals surface area contributed by atoms with Crippen molar-refractivity contribution in [3.8, 4) is 5.75 Å². The number of thiazole rings is 1. The number of piperidine rings is 1. The Labute approximate surface area is 253 Å². The van der Waals surface area contributed by atoms with Crippen LogP contribution in [0.15, 0.2) is 29.8 Å². The van der Waals surface area contributed by atoms with Crippen LogP contribution in [0.4, 0.5) is 10.8 Å². The van der Waals surface area contributed by atoms with Gasteiger partial charge in [0.2, 0.25) is 0 Å². The average Bonchev–Trinajstić information content (AvgIpc) is 3.65. The largest absolute Gasteiger partial charge is 0.481 e. The summed E-state index contributed by atoms with van der Waals surface area (Å²) >= 11 is 1.79. The third-order valence-corrected chi connectivity index (χ3v) is 9.71. The molecule has 9 nitrogen and oxygen atoms in total. The lowest BCUT2D eigenvalue weighted by molar-refractivity contribution is -0.123. The SMILES string of the molecule is Cc1cc2cccnc2c(N2CCCN(Cc3csc(N4CCCCC4)n3)CC2)c1OCC(=O)NCCN1CCCC1. The van der Waals surface area contributed by atoms with E-state index in [0.717, 1.165) is 99.8 Å². The molecule has 0 atom stereocenters. The molecule has 6 rings (SSSR count). The van der Waals surface area contributed by atoms with E-state index in [1.165, 1.54) is 42.9 Å². The Bertz CT molecular complexity index is 1340. The maximum Gasteiger partial charge on any atom is 0.257 e. The number of carbonyl (C=O) groups excluding carboxylic acids is 1. The number of pyridine rings is 1. The summed E-state index contributed by atoms with van der Waals surface area (Å²) in [6.45, 7) is 12.8. The van der Waals surface area contributed by atoms with Crippen LogP contribution >= 0.6 is 11.3 Å². The van der Waals surface area contributed by atoms with Crippen LogP contribution in [0.1, 0.15) is 49.8 Å². The van der Waals surface area contributed by atoms with Crippen molar-refractivity contribution in [3.05, 3.63) is 41.0 Å². The number of benzene rings is 1. The van der Waals surface area contributed by atoms with E-state index in [-0.39, 0.29) is 12.5 Å². The van der Waals surface area contributed by atoms with Crippen molar-refractivity contribution in [2.75, 3.05) is 81.9 Å². The number of likely N-dealkylation sites (tertiary alicyclic amines) is 1. The number of amides is 1. The molecule has 3 aromatic rings. The zero-order valence-corrected chi connectivity index (χ0v) is 25.8. The molecular weight excluding hydrogens is 546 g/mol. The Balaban J connectivity index is 1.12. The Kier molecular flexibility index (Phi) is 9.72. The van der Waals surface area contributed by atoms with E-state index in [0.29, 0.717) is 6.54 Å². The van der Waals surface area contributed by atoms with Crippen molar-refractivity contribution in [2.24, 2.45) is 0 Å². The first kappa shape index (κ1) is 29.1. The summed E-state index contributed by atoms with van der Waals surface area (Å²) in [5.74, 6) is 0.699. The fourth-order valence-corrected chi connectivity index (χ4v) is 7.40. The van der Waals surface area contributed by atoms with Crippen LogP contribution in [0.2, 0.25) is 0 Å². The number of aryl methyl sites for hydroxylation is 1. The van der Waals surface area contributed by atoms with Gasteiger partial charge in [0.25, 0.3) is 5.91 Å². The molecule has 5 heterocycles. The van der Waals surface area contributed by atoms with Crippen molar-refractivity contribution in [3.63, 3.8) is 0 Å². The van der Waals surface area contributed by atoms with Gasteiger partial charge in [-0.2, -0.15) is 0 Å². The Morgan fingerprint density at radius 1 is 0.952 bits per heavy atom. The number of aromatic nitrogens is 2. The molecule has 42 heavy (non-hydrogen) atoms. The summed E-state index contributed by atoms with van der Waals surface area (Å²) in [7, 11) is 0. The summed E-state index contributed by atoms with van der Waals surface area (Å²) in [4.78, 5) is 32.3. The maximum absolute atomic E-state index is 12.7. The molecule has 3 aliphatic heterocycles. The summed E-state index contributed by atoms with van der Waals surface area (Å²) in [5, 5.41) is 7.57. The minimum absolute atomic E-state index is 0.00925. The lowest BCUT2D eigenvalue weighted by Gasteiger charge is -2.28. The molecule has 3 aliphatic rings. The van der Waals surface area contributed by atoms with E-state index in [2.05, 4.69) is 49.4 Å². The van der Waals surface area contributed by atoms with Crippen LogP contribution in [0.3, 0.4) is 0 Å². The van der Waals surface area contributed by atoms with Crippen molar-refractivity contribution in [2.45, 2.75) is 52.0 Å². The second kappa shape index (κ2) is 14.0. The van der Waals surface area contributed by atoms with Crippen LogP contribution in [-0.2, 0) is 11.3 Å². The molecule has 0 unspecified atom stereocenters. The zero-order chi connectivity index (χ0) is 28.7. The van der Waals surface area contributed by atoms with E-state index < -0.39 is 0 Å². The Morgan fingerprint density at radius 2 is 1.74 bits per heavy atom. The molecule has 1 aromatic carbocycles. The van der Waals surface area contributed by atoms with Gasteiger partial charge in [-0.15, -0.1) is 11.3 Å². The average molecular weight is 592 g/mol. The number of rotatable bonds is 10. The molecular formula is C32H45N7O2S. The minimum atomic E-state index is -0.0742. The van der Waals surface area contributed by atoms with Gasteiger partial charge in [-0.1, -0.05) is 6.07 Å². The third-order valence-electron chi connectivity index (χ3n) is 8.76. The van der Waals surface area contributed by atoms with Crippen LogP contribution in [0.5, 0.6) is 5.75 Å². The van der Waals surface area contributed by atoms with Gasteiger partial charge in [-0.3, -0.25) is 14.7 Å². The van der Waals surface area contributed by atoms with E-state index >= 15 is 0 Å². The smallest absolute Gasteiger partial charge is 0.257 e. The first-order valence-corrected chi connectivity index (χ1v) is 16.7. The molecule has 0 radical (unpaired) electrons. The number of hydrogen-bond acceptors (Lipinski definition) is 9.